The smallest absolute Gasteiger partial charge is 0.225 e. The summed E-state index contributed by atoms with van der Waals surface area (Å²) in [5.41, 5.74) is 4.39. The topological polar surface area (TPSA) is 40.6 Å². The molecule has 33 heavy (non-hydrogen) atoms. The summed E-state index contributed by atoms with van der Waals surface area (Å²) in [6, 6.07) is 28.8. The average molecular weight is 441 g/mol. The molecule has 3 aromatic rings. The molecule has 0 saturated carbocycles. The van der Waals surface area contributed by atoms with Gasteiger partial charge in [0.1, 0.15) is 6.29 Å². The van der Waals surface area contributed by atoms with E-state index in [1.807, 2.05) is 48.3 Å². The van der Waals surface area contributed by atoms with Crippen LogP contribution in [0.5, 0.6) is 0 Å². The van der Waals surface area contributed by atoms with Gasteiger partial charge in [0.05, 0.1) is 0 Å². The van der Waals surface area contributed by atoms with Crippen LogP contribution >= 0.6 is 0 Å². The third-order valence-corrected chi connectivity index (χ3v) is 6.77. The maximum atomic E-state index is 13.2. The molecular formula is C29H32N2O2. The molecule has 1 heterocycles. The Bertz CT molecular complexity index is 987. The van der Waals surface area contributed by atoms with Gasteiger partial charge in [-0.3, -0.25) is 9.59 Å². The van der Waals surface area contributed by atoms with E-state index in [2.05, 4.69) is 53.4 Å². The molecule has 0 aromatic heterocycles. The molecule has 4 nitrogen and oxygen atoms in total. The molecule has 1 aliphatic rings. The number of hydrogen-bond acceptors (Lipinski definition) is 3. The Hall–Kier alpha value is -3.40. The third-order valence-electron chi connectivity index (χ3n) is 6.77. The van der Waals surface area contributed by atoms with Crippen LogP contribution in [0, 0.1) is 5.92 Å². The Labute approximate surface area is 196 Å². The van der Waals surface area contributed by atoms with Crippen LogP contribution in [0.4, 0.5) is 5.69 Å². The maximum absolute atomic E-state index is 13.2. The first kappa shape index (κ1) is 22.8. The second-order valence-corrected chi connectivity index (χ2v) is 8.89. The van der Waals surface area contributed by atoms with Crippen molar-refractivity contribution >= 4 is 17.9 Å². The predicted octanol–water partition coefficient (Wildman–Crippen LogP) is 5.40. The first-order valence-corrected chi connectivity index (χ1v) is 11.8. The van der Waals surface area contributed by atoms with Crippen molar-refractivity contribution in [3.63, 3.8) is 0 Å². The van der Waals surface area contributed by atoms with E-state index in [0.29, 0.717) is 5.56 Å². The molecule has 0 spiro atoms. The van der Waals surface area contributed by atoms with Crippen molar-refractivity contribution in [1.29, 1.82) is 0 Å². The Kier molecular flexibility index (Phi) is 7.56. The first-order chi connectivity index (χ1) is 16.2. The van der Waals surface area contributed by atoms with Crippen LogP contribution in [-0.2, 0) is 4.79 Å². The van der Waals surface area contributed by atoms with E-state index < -0.39 is 0 Å². The molecule has 0 radical (unpaired) electrons. The van der Waals surface area contributed by atoms with Gasteiger partial charge in [-0.2, -0.15) is 0 Å². The lowest BCUT2D eigenvalue weighted by Crippen LogP contribution is -2.41. The Morgan fingerprint density at radius 1 is 0.909 bits per heavy atom. The number of benzene rings is 3. The van der Waals surface area contributed by atoms with Gasteiger partial charge < -0.3 is 9.80 Å². The SMILES string of the molecule is CN(CCC(c1ccccc1)c1ccccc1)C(=O)C1CCN(c2ccc(C=O)cc2)CC1. The molecule has 0 aliphatic carbocycles. The highest BCUT2D eigenvalue weighted by Crippen LogP contribution is 2.29. The van der Waals surface area contributed by atoms with E-state index in [4.69, 9.17) is 0 Å². The quantitative estimate of drug-likeness (QED) is 0.441. The fraction of sp³-hybridized carbons (Fsp3) is 0.310. The van der Waals surface area contributed by atoms with Crippen LogP contribution < -0.4 is 4.90 Å². The van der Waals surface area contributed by atoms with Crippen molar-refractivity contribution in [3.8, 4) is 0 Å². The second-order valence-electron chi connectivity index (χ2n) is 8.89. The summed E-state index contributed by atoms with van der Waals surface area (Å²) in [5, 5.41) is 0. The van der Waals surface area contributed by atoms with Gasteiger partial charge in [0.15, 0.2) is 0 Å². The van der Waals surface area contributed by atoms with E-state index in [-0.39, 0.29) is 17.7 Å². The molecule has 1 fully saturated rings. The van der Waals surface area contributed by atoms with Gasteiger partial charge >= 0.3 is 0 Å². The van der Waals surface area contributed by atoms with E-state index in [1.54, 1.807) is 0 Å². The molecule has 4 rings (SSSR count). The zero-order chi connectivity index (χ0) is 23.0. The number of nitrogens with zero attached hydrogens (tertiary/aromatic N) is 2. The summed E-state index contributed by atoms with van der Waals surface area (Å²) in [6.45, 7) is 2.46. The normalized spacial score (nSPS) is 14.3. The standard InChI is InChI=1S/C29H32N2O2/c1-30(19-18-28(24-8-4-2-5-9-24)25-10-6-3-7-11-25)29(33)26-16-20-31(21-17-26)27-14-12-23(22-32)13-15-27/h2-15,22,26,28H,16-21H2,1H3. The van der Waals surface area contributed by atoms with Crippen molar-refractivity contribution < 1.29 is 9.59 Å². The molecule has 3 aromatic carbocycles. The highest BCUT2D eigenvalue weighted by molar-refractivity contribution is 5.79. The molecule has 4 heteroatoms. The first-order valence-electron chi connectivity index (χ1n) is 11.8. The zero-order valence-corrected chi connectivity index (χ0v) is 19.3. The summed E-state index contributed by atoms with van der Waals surface area (Å²) < 4.78 is 0. The van der Waals surface area contributed by atoms with Crippen LogP contribution in [0.15, 0.2) is 84.9 Å². The number of anilines is 1. The minimum atomic E-state index is 0.0763. The number of piperidine rings is 1. The lowest BCUT2D eigenvalue weighted by Gasteiger charge is -2.35. The largest absolute Gasteiger partial charge is 0.371 e. The van der Waals surface area contributed by atoms with Crippen molar-refractivity contribution in [2.24, 2.45) is 5.92 Å². The van der Waals surface area contributed by atoms with Crippen molar-refractivity contribution in [3.05, 3.63) is 102 Å². The summed E-state index contributed by atoms with van der Waals surface area (Å²) >= 11 is 0. The fourth-order valence-corrected chi connectivity index (χ4v) is 4.79. The number of carbonyl (C=O) groups is 2. The van der Waals surface area contributed by atoms with Crippen LogP contribution in [0.25, 0.3) is 0 Å². The highest BCUT2D eigenvalue weighted by atomic mass is 16.2. The number of amides is 1. The Balaban J connectivity index is 1.33. The summed E-state index contributed by atoms with van der Waals surface area (Å²) in [6.07, 6.45) is 3.49. The molecule has 1 amide bonds. The number of carbonyl (C=O) groups excluding carboxylic acids is 2. The summed E-state index contributed by atoms with van der Waals surface area (Å²) in [4.78, 5) is 28.3. The lowest BCUT2D eigenvalue weighted by atomic mass is 9.88. The van der Waals surface area contributed by atoms with Crippen LogP contribution in [0.1, 0.15) is 46.7 Å². The summed E-state index contributed by atoms with van der Waals surface area (Å²) in [7, 11) is 1.94. The average Bonchev–Trinajstić information content (AvgIpc) is 2.89. The van der Waals surface area contributed by atoms with E-state index in [0.717, 1.165) is 50.9 Å². The van der Waals surface area contributed by atoms with Crippen LogP contribution in [0.2, 0.25) is 0 Å². The maximum Gasteiger partial charge on any atom is 0.225 e. The van der Waals surface area contributed by atoms with Gasteiger partial charge in [-0.15, -0.1) is 0 Å². The van der Waals surface area contributed by atoms with Crippen molar-refractivity contribution in [2.45, 2.75) is 25.2 Å². The molecule has 170 valence electrons. The summed E-state index contributed by atoms with van der Waals surface area (Å²) in [5.74, 6) is 0.608. The number of hydrogen-bond donors (Lipinski definition) is 0. The van der Waals surface area contributed by atoms with Gasteiger partial charge in [0.2, 0.25) is 5.91 Å². The third kappa shape index (κ3) is 5.70. The van der Waals surface area contributed by atoms with Gasteiger partial charge in [-0.05, 0) is 54.7 Å². The highest BCUT2D eigenvalue weighted by Gasteiger charge is 2.28. The Morgan fingerprint density at radius 3 is 1.97 bits per heavy atom. The number of rotatable bonds is 8. The van der Waals surface area contributed by atoms with Crippen molar-refractivity contribution in [1.82, 2.24) is 4.90 Å². The van der Waals surface area contributed by atoms with E-state index >= 15 is 0 Å². The fourth-order valence-electron chi connectivity index (χ4n) is 4.79. The van der Waals surface area contributed by atoms with Crippen LogP contribution in [-0.4, -0.2) is 43.8 Å². The van der Waals surface area contributed by atoms with Gasteiger partial charge in [-0.25, -0.2) is 0 Å². The molecule has 1 aliphatic heterocycles. The lowest BCUT2D eigenvalue weighted by molar-refractivity contribution is -0.134. The van der Waals surface area contributed by atoms with E-state index in [9.17, 15) is 9.59 Å². The van der Waals surface area contributed by atoms with Gasteiger partial charge in [0.25, 0.3) is 0 Å². The van der Waals surface area contributed by atoms with Crippen LogP contribution in [0.3, 0.4) is 0 Å². The second kappa shape index (κ2) is 11.0. The van der Waals surface area contributed by atoms with Crippen molar-refractivity contribution in [2.75, 3.05) is 31.6 Å². The zero-order valence-electron chi connectivity index (χ0n) is 19.3. The molecular weight excluding hydrogens is 408 g/mol. The predicted molar refractivity (Wildman–Crippen MR) is 134 cm³/mol. The Morgan fingerprint density at radius 2 is 1.45 bits per heavy atom. The molecule has 0 bridgehead atoms. The van der Waals surface area contributed by atoms with E-state index in [1.165, 1.54) is 11.1 Å². The molecule has 0 N–H and O–H groups in total. The molecule has 1 saturated heterocycles. The molecule has 0 atom stereocenters. The monoisotopic (exact) mass is 440 g/mol. The minimum absolute atomic E-state index is 0.0763. The number of aldehydes is 1. The van der Waals surface area contributed by atoms with Gasteiger partial charge in [-0.1, -0.05) is 60.7 Å². The molecule has 0 unspecified atom stereocenters. The van der Waals surface area contributed by atoms with Gasteiger partial charge in [0, 0.05) is 49.8 Å². The minimum Gasteiger partial charge on any atom is -0.371 e.